The Kier molecular flexibility index (Phi) is 5.70. The van der Waals surface area contributed by atoms with Crippen LogP contribution in [0.25, 0.3) is 11.3 Å². The lowest BCUT2D eigenvalue weighted by Crippen LogP contribution is -2.30. The maximum atomic E-state index is 13.8. The van der Waals surface area contributed by atoms with E-state index in [1.54, 1.807) is 17.8 Å². The van der Waals surface area contributed by atoms with Crippen molar-refractivity contribution in [3.8, 4) is 11.3 Å². The molecular weight excluding hydrogens is 381 g/mol. The standard InChI is InChI=1S/C23H26FN5O/c1-16-8-10-17(11-9-16)15-25-23(30)26-22-21(29-12-3-4-13-29)20(27-28(22)2)18-6-5-7-19(24)14-18/h5-11,14H,3-4,12-13,15H2,1-2H3,(H2,25,26,30). The van der Waals surface area contributed by atoms with Crippen LogP contribution < -0.4 is 15.5 Å². The van der Waals surface area contributed by atoms with Crippen molar-refractivity contribution in [3.05, 3.63) is 65.5 Å². The van der Waals surface area contributed by atoms with Gasteiger partial charge in [0, 0.05) is 32.2 Å². The summed E-state index contributed by atoms with van der Waals surface area (Å²) in [6, 6.07) is 14.1. The number of aromatic nitrogens is 2. The molecule has 0 atom stereocenters. The summed E-state index contributed by atoms with van der Waals surface area (Å²) >= 11 is 0. The van der Waals surface area contributed by atoms with Gasteiger partial charge < -0.3 is 10.2 Å². The molecule has 0 radical (unpaired) electrons. The van der Waals surface area contributed by atoms with Crippen LogP contribution in [0.1, 0.15) is 24.0 Å². The summed E-state index contributed by atoms with van der Waals surface area (Å²) in [4.78, 5) is 14.8. The molecule has 6 nitrogen and oxygen atoms in total. The Balaban J connectivity index is 1.58. The number of anilines is 2. The summed E-state index contributed by atoms with van der Waals surface area (Å²) in [5.41, 5.74) is 4.42. The molecule has 0 bridgehead atoms. The first-order chi connectivity index (χ1) is 14.5. The van der Waals surface area contributed by atoms with Gasteiger partial charge in [0.25, 0.3) is 0 Å². The second kappa shape index (κ2) is 8.57. The molecular formula is C23H26FN5O. The lowest BCUT2D eigenvalue weighted by atomic mass is 10.1. The van der Waals surface area contributed by atoms with E-state index in [-0.39, 0.29) is 11.8 Å². The Morgan fingerprint density at radius 2 is 1.87 bits per heavy atom. The molecule has 0 saturated carbocycles. The van der Waals surface area contributed by atoms with Gasteiger partial charge in [-0.3, -0.25) is 5.32 Å². The summed E-state index contributed by atoms with van der Waals surface area (Å²) < 4.78 is 15.5. The van der Waals surface area contributed by atoms with E-state index < -0.39 is 0 Å². The topological polar surface area (TPSA) is 62.2 Å². The number of carbonyl (C=O) groups is 1. The van der Waals surface area contributed by atoms with Crippen LogP contribution in [-0.4, -0.2) is 28.9 Å². The molecule has 2 heterocycles. The number of nitrogens with one attached hydrogen (secondary N) is 2. The van der Waals surface area contributed by atoms with E-state index in [0.29, 0.717) is 23.6 Å². The monoisotopic (exact) mass is 407 g/mol. The maximum Gasteiger partial charge on any atom is 0.320 e. The highest BCUT2D eigenvalue weighted by Crippen LogP contribution is 2.38. The van der Waals surface area contributed by atoms with Crippen molar-refractivity contribution in [2.75, 3.05) is 23.3 Å². The first-order valence-electron chi connectivity index (χ1n) is 10.2. The normalized spacial score (nSPS) is 13.5. The number of carbonyl (C=O) groups excluding carboxylic acids is 1. The number of rotatable bonds is 5. The molecule has 7 heteroatoms. The first-order valence-corrected chi connectivity index (χ1v) is 10.2. The molecule has 1 aliphatic rings. The second-order valence-electron chi connectivity index (χ2n) is 7.67. The van der Waals surface area contributed by atoms with Crippen molar-refractivity contribution >= 4 is 17.5 Å². The summed E-state index contributed by atoms with van der Waals surface area (Å²) in [6.07, 6.45) is 2.16. The summed E-state index contributed by atoms with van der Waals surface area (Å²) in [6.45, 7) is 4.23. The number of urea groups is 1. The Hall–Kier alpha value is -3.35. The van der Waals surface area contributed by atoms with Crippen LogP contribution in [0.5, 0.6) is 0 Å². The third kappa shape index (κ3) is 4.30. The molecule has 0 spiro atoms. The third-order valence-corrected chi connectivity index (χ3v) is 5.35. The predicted octanol–water partition coefficient (Wildman–Crippen LogP) is 4.46. The van der Waals surface area contributed by atoms with Gasteiger partial charge in [0.2, 0.25) is 0 Å². The molecule has 1 aromatic heterocycles. The molecule has 4 rings (SSSR count). The average Bonchev–Trinajstić information content (AvgIpc) is 3.36. The highest BCUT2D eigenvalue weighted by atomic mass is 19.1. The molecule has 1 fully saturated rings. The molecule has 2 aromatic carbocycles. The van der Waals surface area contributed by atoms with Gasteiger partial charge in [0.1, 0.15) is 17.2 Å². The highest BCUT2D eigenvalue weighted by Gasteiger charge is 2.26. The average molecular weight is 407 g/mol. The molecule has 1 saturated heterocycles. The predicted molar refractivity (Wildman–Crippen MR) is 117 cm³/mol. The van der Waals surface area contributed by atoms with Crippen LogP contribution in [0.2, 0.25) is 0 Å². The van der Waals surface area contributed by atoms with Gasteiger partial charge in [-0.05, 0) is 37.5 Å². The van der Waals surface area contributed by atoms with E-state index in [9.17, 15) is 9.18 Å². The summed E-state index contributed by atoms with van der Waals surface area (Å²) in [5, 5.41) is 10.5. The van der Waals surface area contributed by atoms with Crippen LogP contribution in [0, 0.1) is 12.7 Å². The fourth-order valence-corrected chi connectivity index (χ4v) is 3.76. The van der Waals surface area contributed by atoms with Gasteiger partial charge in [-0.15, -0.1) is 0 Å². The van der Waals surface area contributed by atoms with Gasteiger partial charge in [-0.25, -0.2) is 13.9 Å². The number of halogens is 1. The van der Waals surface area contributed by atoms with E-state index in [0.717, 1.165) is 37.2 Å². The van der Waals surface area contributed by atoms with Crippen molar-refractivity contribution in [3.63, 3.8) is 0 Å². The molecule has 3 aromatic rings. The first kappa shape index (κ1) is 19.9. The molecule has 156 valence electrons. The van der Waals surface area contributed by atoms with Crippen LogP contribution >= 0.6 is 0 Å². The summed E-state index contributed by atoms with van der Waals surface area (Å²) in [5.74, 6) is 0.299. The minimum Gasteiger partial charge on any atom is -0.367 e. The molecule has 0 aliphatic carbocycles. The van der Waals surface area contributed by atoms with Crippen molar-refractivity contribution in [2.24, 2.45) is 7.05 Å². The fourth-order valence-electron chi connectivity index (χ4n) is 3.76. The zero-order valence-electron chi connectivity index (χ0n) is 17.3. The molecule has 30 heavy (non-hydrogen) atoms. The Labute approximate surface area is 175 Å². The molecule has 2 N–H and O–H groups in total. The molecule has 1 aliphatic heterocycles. The zero-order chi connectivity index (χ0) is 21.1. The quantitative estimate of drug-likeness (QED) is 0.657. The van der Waals surface area contributed by atoms with E-state index in [4.69, 9.17) is 0 Å². The van der Waals surface area contributed by atoms with Crippen LogP contribution in [0.4, 0.5) is 20.7 Å². The van der Waals surface area contributed by atoms with Crippen LogP contribution in [0.3, 0.4) is 0 Å². The van der Waals surface area contributed by atoms with Gasteiger partial charge in [-0.2, -0.15) is 5.10 Å². The molecule has 0 unspecified atom stereocenters. The van der Waals surface area contributed by atoms with Crippen molar-refractivity contribution < 1.29 is 9.18 Å². The minimum absolute atomic E-state index is 0.301. The summed E-state index contributed by atoms with van der Waals surface area (Å²) in [7, 11) is 1.79. The SMILES string of the molecule is Cc1ccc(CNC(=O)Nc2c(N3CCCC3)c(-c3cccc(F)c3)nn2C)cc1. The number of aryl methyl sites for hydroxylation is 2. The maximum absolute atomic E-state index is 13.8. The Morgan fingerprint density at radius 3 is 2.57 bits per heavy atom. The number of amides is 2. The van der Waals surface area contributed by atoms with E-state index in [1.807, 2.05) is 37.3 Å². The highest BCUT2D eigenvalue weighted by molar-refractivity contribution is 5.95. The lowest BCUT2D eigenvalue weighted by molar-refractivity contribution is 0.251. The van der Waals surface area contributed by atoms with Crippen LogP contribution in [0.15, 0.2) is 48.5 Å². The number of benzene rings is 2. The van der Waals surface area contributed by atoms with E-state index in [1.165, 1.54) is 17.7 Å². The number of hydrogen-bond acceptors (Lipinski definition) is 3. The van der Waals surface area contributed by atoms with Gasteiger partial charge >= 0.3 is 6.03 Å². The lowest BCUT2D eigenvalue weighted by Gasteiger charge is -2.20. The third-order valence-electron chi connectivity index (χ3n) is 5.35. The fraction of sp³-hybridized carbons (Fsp3) is 0.304. The second-order valence-corrected chi connectivity index (χ2v) is 7.67. The van der Waals surface area contributed by atoms with Gasteiger partial charge in [0.15, 0.2) is 5.82 Å². The van der Waals surface area contributed by atoms with E-state index in [2.05, 4.69) is 20.6 Å². The zero-order valence-corrected chi connectivity index (χ0v) is 17.3. The van der Waals surface area contributed by atoms with Crippen molar-refractivity contribution in [1.82, 2.24) is 15.1 Å². The largest absolute Gasteiger partial charge is 0.367 e. The Bertz CT molecular complexity index is 1040. The van der Waals surface area contributed by atoms with Gasteiger partial charge in [-0.1, -0.05) is 42.0 Å². The smallest absolute Gasteiger partial charge is 0.320 e. The molecule has 2 amide bonds. The van der Waals surface area contributed by atoms with Crippen molar-refractivity contribution in [2.45, 2.75) is 26.3 Å². The van der Waals surface area contributed by atoms with E-state index >= 15 is 0 Å². The number of nitrogens with zero attached hydrogens (tertiary/aromatic N) is 3. The number of hydrogen-bond donors (Lipinski definition) is 2. The van der Waals surface area contributed by atoms with Crippen LogP contribution in [-0.2, 0) is 13.6 Å². The van der Waals surface area contributed by atoms with Gasteiger partial charge in [0.05, 0.1) is 0 Å². The minimum atomic E-state index is -0.309. The Morgan fingerprint density at radius 1 is 1.13 bits per heavy atom. The van der Waals surface area contributed by atoms with Crippen molar-refractivity contribution in [1.29, 1.82) is 0 Å².